The summed E-state index contributed by atoms with van der Waals surface area (Å²) in [6.07, 6.45) is 1.02. The van der Waals surface area contributed by atoms with Crippen LogP contribution in [0.4, 0.5) is 5.95 Å². The van der Waals surface area contributed by atoms with Crippen molar-refractivity contribution in [1.82, 2.24) is 14.8 Å². The second-order valence-corrected chi connectivity index (χ2v) is 4.63. The molecule has 0 spiro atoms. The highest BCUT2D eigenvalue weighted by Gasteiger charge is 2.19. The van der Waals surface area contributed by atoms with E-state index in [2.05, 4.69) is 40.9 Å². The second kappa shape index (κ2) is 3.59. The van der Waals surface area contributed by atoms with Crippen LogP contribution >= 0.6 is 0 Å². The van der Waals surface area contributed by atoms with E-state index in [4.69, 9.17) is 0 Å². The molecule has 0 radical (unpaired) electrons. The molecule has 78 valence electrons. The molecule has 0 bridgehead atoms. The maximum Gasteiger partial charge on any atom is 0.224 e. The Balaban J connectivity index is 2.22. The van der Waals surface area contributed by atoms with Crippen molar-refractivity contribution < 1.29 is 0 Å². The van der Waals surface area contributed by atoms with Crippen molar-refractivity contribution >= 4 is 5.95 Å². The fourth-order valence-electron chi connectivity index (χ4n) is 1.82. The first-order valence-electron chi connectivity index (χ1n) is 5.32. The Labute approximate surface area is 84.7 Å². The van der Waals surface area contributed by atoms with Crippen LogP contribution in [-0.4, -0.2) is 21.3 Å². The smallest absolute Gasteiger partial charge is 0.224 e. The monoisotopic (exact) mass is 194 g/mol. The molecule has 4 heteroatoms. The summed E-state index contributed by atoms with van der Waals surface area (Å²) in [5.41, 5.74) is 0. The van der Waals surface area contributed by atoms with Crippen LogP contribution in [-0.2, 0) is 13.0 Å². The number of nitrogens with zero attached hydrogens (tertiary/aromatic N) is 3. The molecule has 0 aromatic carbocycles. The highest BCUT2D eigenvalue weighted by molar-refractivity contribution is 5.28. The van der Waals surface area contributed by atoms with Crippen LogP contribution in [0, 0.1) is 11.8 Å². The van der Waals surface area contributed by atoms with E-state index in [0.717, 1.165) is 31.3 Å². The van der Waals surface area contributed by atoms with Crippen LogP contribution in [0.25, 0.3) is 0 Å². The van der Waals surface area contributed by atoms with E-state index >= 15 is 0 Å². The lowest BCUT2D eigenvalue weighted by Crippen LogP contribution is -2.26. The van der Waals surface area contributed by atoms with Crippen molar-refractivity contribution in [1.29, 1.82) is 0 Å². The van der Waals surface area contributed by atoms with Crippen LogP contribution in [0.2, 0.25) is 0 Å². The largest absolute Gasteiger partial charge is 0.354 e. The molecule has 14 heavy (non-hydrogen) atoms. The second-order valence-electron chi connectivity index (χ2n) is 4.63. The van der Waals surface area contributed by atoms with Crippen LogP contribution in [0.15, 0.2) is 0 Å². The molecule has 1 unspecified atom stereocenters. The zero-order valence-electron chi connectivity index (χ0n) is 9.12. The first-order valence-corrected chi connectivity index (χ1v) is 5.32. The highest BCUT2D eigenvalue weighted by Crippen LogP contribution is 2.18. The average molecular weight is 194 g/mol. The molecule has 2 rings (SSSR count). The summed E-state index contributed by atoms with van der Waals surface area (Å²) >= 11 is 0. The first-order chi connectivity index (χ1) is 6.66. The van der Waals surface area contributed by atoms with Gasteiger partial charge in [0.25, 0.3) is 0 Å². The fourth-order valence-corrected chi connectivity index (χ4v) is 1.82. The molecule has 0 aliphatic carbocycles. The van der Waals surface area contributed by atoms with Gasteiger partial charge in [0.1, 0.15) is 5.82 Å². The van der Waals surface area contributed by atoms with E-state index in [-0.39, 0.29) is 0 Å². The predicted molar refractivity (Wildman–Crippen MR) is 56.2 cm³/mol. The average Bonchev–Trinajstić information content (AvgIpc) is 2.47. The Kier molecular flexibility index (Phi) is 2.44. The number of rotatable bonds is 2. The molecule has 1 aliphatic rings. The standard InChI is InChI=1S/C10H18N4/c1-7(2)4-9-12-13-10-11-5-8(3)6-14(9)10/h7-8H,4-6H2,1-3H3,(H,11,13). The number of hydrogen-bond donors (Lipinski definition) is 1. The van der Waals surface area contributed by atoms with Gasteiger partial charge in [0, 0.05) is 19.5 Å². The molecule has 1 atom stereocenters. The minimum absolute atomic E-state index is 0.639. The van der Waals surface area contributed by atoms with E-state index in [0.29, 0.717) is 11.8 Å². The fraction of sp³-hybridized carbons (Fsp3) is 0.800. The van der Waals surface area contributed by atoms with Crippen molar-refractivity contribution in [2.24, 2.45) is 11.8 Å². The molecule has 0 amide bonds. The van der Waals surface area contributed by atoms with Crippen molar-refractivity contribution in [2.45, 2.75) is 33.7 Å². The van der Waals surface area contributed by atoms with Crippen molar-refractivity contribution in [3.8, 4) is 0 Å². The third-order valence-electron chi connectivity index (χ3n) is 2.52. The SMILES string of the molecule is CC(C)Cc1nnc2n1CC(C)CN2. The number of anilines is 1. The lowest BCUT2D eigenvalue weighted by molar-refractivity contribution is 0.455. The lowest BCUT2D eigenvalue weighted by Gasteiger charge is -2.22. The Bertz CT molecular complexity index is 316. The Morgan fingerprint density at radius 2 is 2.29 bits per heavy atom. The summed E-state index contributed by atoms with van der Waals surface area (Å²) in [4.78, 5) is 0. The van der Waals surface area contributed by atoms with E-state index in [1.807, 2.05) is 0 Å². The third-order valence-corrected chi connectivity index (χ3v) is 2.52. The van der Waals surface area contributed by atoms with E-state index in [1.54, 1.807) is 0 Å². The molecule has 1 N–H and O–H groups in total. The number of nitrogens with one attached hydrogen (secondary N) is 1. The van der Waals surface area contributed by atoms with Crippen LogP contribution in [0.3, 0.4) is 0 Å². The molecule has 4 nitrogen and oxygen atoms in total. The van der Waals surface area contributed by atoms with Crippen LogP contribution in [0.1, 0.15) is 26.6 Å². The zero-order chi connectivity index (χ0) is 10.1. The lowest BCUT2D eigenvalue weighted by atomic mass is 10.1. The van der Waals surface area contributed by atoms with Gasteiger partial charge in [-0.15, -0.1) is 10.2 Å². The summed E-state index contributed by atoms with van der Waals surface area (Å²) in [7, 11) is 0. The normalized spacial score (nSPS) is 20.7. The predicted octanol–water partition coefficient (Wildman–Crippen LogP) is 1.54. The Hall–Kier alpha value is -1.06. The quantitative estimate of drug-likeness (QED) is 0.776. The summed E-state index contributed by atoms with van der Waals surface area (Å²) < 4.78 is 2.22. The number of hydrogen-bond acceptors (Lipinski definition) is 3. The topological polar surface area (TPSA) is 42.7 Å². The van der Waals surface area contributed by atoms with Gasteiger partial charge in [0.2, 0.25) is 5.95 Å². The van der Waals surface area contributed by atoms with E-state index < -0.39 is 0 Å². The van der Waals surface area contributed by atoms with Crippen molar-refractivity contribution in [3.05, 3.63) is 5.82 Å². The number of aromatic nitrogens is 3. The molecule has 0 saturated carbocycles. The first kappa shape index (κ1) is 9.49. The minimum atomic E-state index is 0.639. The molecular formula is C10H18N4. The van der Waals surface area contributed by atoms with Crippen molar-refractivity contribution in [3.63, 3.8) is 0 Å². The van der Waals surface area contributed by atoms with Gasteiger partial charge in [-0.25, -0.2) is 0 Å². The van der Waals surface area contributed by atoms with Gasteiger partial charge in [-0.3, -0.25) is 4.57 Å². The van der Waals surface area contributed by atoms with Gasteiger partial charge < -0.3 is 5.32 Å². The molecule has 1 aromatic heterocycles. The Morgan fingerprint density at radius 1 is 1.50 bits per heavy atom. The molecule has 2 heterocycles. The van der Waals surface area contributed by atoms with E-state index in [9.17, 15) is 0 Å². The zero-order valence-corrected chi connectivity index (χ0v) is 9.12. The third kappa shape index (κ3) is 1.74. The van der Waals surface area contributed by atoms with Gasteiger partial charge in [-0.2, -0.15) is 0 Å². The maximum absolute atomic E-state index is 4.22. The van der Waals surface area contributed by atoms with Gasteiger partial charge in [0.15, 0.2) is 0 Å². The molecule has 1 aliphatic heterocycles. The van der Waals surface area contributed by atoms with Crippen molar-refractivity contribution in [2.75, 3.05) is 11.9 Å². The summed E-state index contributed by atoms with van der Waals surface area (Å²) in [6.45, 7) is 8.73. The maximum atomic E-state index is 4.22. The molecule has 1 aromatic rings. The van der Waals surface area contributed by atoms with Crippen LogP contribution in [0.5, 0.6) is 0 Å². The van der Waals surface area contributed by atoms with Crippen LogP contribution < -0.4 is 5.32 Å². The molecular weight excluding hydrogens is 176 g/mol. The van der Waals surface area contributed by atoms with Gasteiger partial charge in [0.05, 0.1) is 0 Å². The van der Waals surface area contributed by atoms with Gasteiger partial charge in [-0.05, 0) is 11.8 Å². The summed E-state index contributed by atoms with van der Waals surface area (Å²) in [6, 6.07) is 0. The summed E-state index contributed by atoms with van der Waals surface area (Å²) in [5.74, 6) is 3.37. The van der Waals surface area contributed by atoms with Gasteiger partial charge in [-0.1, -0.05) is 20.8 Å². The minimum Gasteiger partial charge on any atom is -0.354 e. The van der Waals surface area contributed by atoms with E-state index in [1.165, 1.54) is 0 Å². The Morgan fingerprint density at radius 3 is 3.00 bits per heavy atom. The molecule has 0 fully saturated rings. The highest BCUT2D eigenvalue weighted by atomic mass is 15.4. The summed E-state index contributed by atoms with van der Waals surface area (Å²) in [5, 5.41) is 11.7. The number of fused-ring (bicyclic) bond motifs is 1. The molecule has 0 saturated heterocycles. The van der Waals surface area contributed by atoms with Gasteiger partial charge >= 0.3 is 0 Å².